The number of sulfonamides is 1. The molecule has 0 aliphatic carbocycles. The predicted octanol–water partition coefficient (Wildman–Crippen LogP) is 3.72. The standard InChI is InChI=1S/C21H19N3O3S/c1-27-17-12-10-16(11-13-17)21-23-18-8-5-9-19(20(18)24-21)28(25,26)22-14-15-6-3-2-4-7-15/h2-13,22H,14H2,1H3,(H,23,24). The van der Waals surface area contributed by atoms with Crippen LogP contribution in [0.15, 0.2) is 77.7 Å². The van der Waals surface area contributed by atoms with E-state index in [-0.39, 0.29) is 11.4 Å². The van der Waals surface area contributed by atoms with E-state index in [0.29, 0.717) is 16.9 Å². The van der Waals surface area contributed by atoms with Gasteiger partial charge in [0.2, 0.25) is 10.0 Å². The molecule has 3 aromatic carbocycles. The number of ether oxygens (including phenoxy) is 1. The van der Waals surface area contributed by atoms with Crippen molar-refractivity contribution < 1.29 is 13.2 Å². The molecule has 7 heteroatoms. The molecule has 0 unspecified atom stereocenters. The van der Waals surface area contributed by atoms with Crippen molar-refractivity contribution in [2.45, 2.75) is 11.4 Å². The van der Waals surface area contributed by atoms with Gasteiger partial charge in [-0.1, -0.05) is 36.4 Å². The summed E-state index contributed by atoms with van der Waals surface area (Å²) in [6.45, 7) is 0.218. The van der Waals surface area contributed by atoms with Crippen LogP contribution in [0.4, 0.5) is 0 Å². The zero-order chi connectivity index (χ0) is 19.6. The minimum atomic E-state index is -3.72. The van der Waals surface area contributed by atoms with Gasteiger partial charge >= 0.3 is 0 Å². The first-order valence-corrected chi connectivity index (χ1v) is 10.2. The predicted molar refractivity (Wildman–Crippen MR) is 109 cm³/mol. The topological polar surface area (TPSA) is 84.1 Å². The van der Waals surface area contributed by atoms with Gasteiger partial charge in [0.25, 0.3) is 0 Å². The Bertz CT molecular complexity index is 1200. The molecular weight excluding hydrogens is 374 g/mol. The summed E-state index contributed by atoms with van der Waals surface area (Å²) in [7, 11) is -2.11. The Kier molecular flexibility index (Phi) is 4.85. The van der Waals surface area contributed by atoms with Crippen molar-refractivity contribution in [2.75, 3.05) is 7.11 Å². The number of para-hydroxylation sites is 1. The SMILES string of the molecule is COc1ccc(-c2nc3c(S(=O)(=O)NCc4ccccc4)cccc3[nH]2)cc1. The van der Waals surface area contributed by atoms with Gasteiger partial charge in [-0.3, -0.25) is 0 Å². The molecule has 0 bridgehead atoms. The van der Waals surface area contributed by atoms with E-state index < -0.39 is 10.0 Å². The van der Waals surface area contributed by atoms with Gasteiger partial charge in [0.1, 0.15) is 22.0 Å². The molecule has 4 aromatic rings. The number of rotatable bonds is 6. The molecule has 0 aliphatic rings. The Hall–Kier alpha value is -3.16. The average Bonchev–Trinajstić information content (AvgIpc) is 3.17. The van der Waals surface area contributed by atoms with Crippen LogP contribution >= 0.6 is 0 Å². The summed E-state index contributed by atoms with van der Waals surface area (Å²) in [5.41, 5.74) is 2.80. The van der Waals surface area contributed by atoms with E-state index in [4.69, 9.17) is 4.74 Å². The molecule has 1 heterocycles. The number of hydrogen-bond donors (Lipinski definition) is 2. The van der Waals surface area contributed by atoms with Crippen molar-refractivity contribution in [3.63, 3.8) is 0 Å². The third-order valence-corrected chi connectivity index (χ3v) is 5.87. The van der Waals surface area contributed by atoms with Crippen LogP contribution in [0.25, 0.3) is 22.4 Å². The molecule has 2 N–H and O–H groups in total. The highest BCUT2D eigenvalue weighted by molar-refractivity contribution is 7.89. The van der Waals surface area contributed by atoms with Crippen LogP contribution in [0, 0.1) is 0 Å². The first kappa shape index (κ1) is 18.2. The molecule has 6 nitrogen and oxygen atoms in total. The first-order chi connectivity index (χ1) is 13.6. The average molecular weight is 393 g/mol. The van der Waals surface area contributed by atoms with Gasteiger partial charge in [0.15, 0.2) is 0 Å². The number of benzene rings is 3. The smallest absolute Gasteiger partial charge is 0.243 e. The molecule has 0 atom stereocenters. The maximum absolute atomic E-state index is 12.9. The van der Waals surface area contributed by atoms with Crippen molar-refractivity contribution in [3.8, 4) is 17.1 Å². The van der Waals surface area contributed by atoms with E-state index in [2.05, 4.69) is 14.7 Å². The molecule has 142 valence electrons. The summed E-state index contributed by atoms with van der Waals surface area (Å²) in [5.74, 6) is 1.34. The summed E-state index contributed by atoms with van der Waals surface area (Å²) in [6, 6.07) is 21.9. The van der Waals surface area contributed by atoms with Gasteiger partial charge in [0.05, 0.1) is 12.6 Å². The second-order valence-electron chi connectivity index (χ2n) is 6.28. The summed E-state index contributed by atoms with van der Waals surface area (Å²) in [4.78, 5) is 7.89. The highest BCUT2D eigenvalue weighted by atomic mass is 32.2. The van der Waals surface area contributed by atoms with E-state index in [1.54, 1.807) is 19.2 Å². The number of aromatic nitrogens is 2. The lowest BCUT2D eigenvalue weighted by Gasteiger charge is -2.07. The van der Waals surface area contributed by atoms with Gasteiger partial charge in [-0.25, -0.2) is 18.1 Å². The van der Waals surface area contributed by atoms with E-state index in [1.165, 1.54) is 0 Å². The van der Waals surface area contributed by atoms with Gasteiger partial charge in [-0.05, 0) is 42.0 Å². The summed E-state index contributed by atoms with van der Waals surface area (Å²) in [6.07, 6.45) is 0. The minimum absolute atomic E-state index is 0.150. The van der Waals surface area contributed by atoms with Crippen molar-refractivity contribution in [3.05, 3.63) is 78.4 Å². The minimum Gasteiger partial charge on any atom is -0.497 e. The fraction of sp³-hybridized carbons (Fsp3) is 0.0952. The van der Waals surface area contributed by atoms with Crippen LogP contribution in [-0.4, -0.2) is 25.5 Å². The number of fused-ring (bicyclic) bond motifs is 1. The Morgan fingerprint density at radius 3 is 2.43 bits per heavy atom. The molecule has 0 saturated carbocycles. The van der Waals surface area contributed by atoms with E-state index >= 15 is 0 Å². The Balaban J connectivity index is 1.68. The lowest BCUT2D eigenvalue weighted by molar-refractivity contribution is 0.415. The van der Waals surface area contributed by atoms with Crippen molar-refractivity contribution >= 4 is 21.1 Å². The second-order valence-corrected chi connectivity index (χ2v) is 8.01. The quantitative estimate of drug-likeness (QED) is 0.523. The fourth-order valence-corrected chi connectivity index (χ4v) is 4.14. The van der Waals surface area contributed by atoms with Crippen LogP contribution in [-0.2, 0) is 16.6 Å². The molecule has 4 rings (SSSR count). The van der Waals surface area contributed by atoms with Crippen molar-refractivity contribution in [1.29, 1.82) is 0 Å². The lowest BCUT2D eigenvalue weighted by Crippen LogP contribution is -2.23. The van der Waals surface area contributed by atoms with Crippen LogP contribution in [0.3, 0.4) is 0 Å². The third-order valence-electron chi connectivity index (χ3n) is 4.44. The normalized spacial score (nSPS) is 11.6. The highest BCUT2D eigenvalue weighted by Crippen LogP contribution is 2.26. The summed E-state index contributed by atoms with van der Waals surface area (Å²) < 4.78 is 33.6. The zero-order valence-electron chi connectivity index (χ0n) is 15.2. The maximum atomic E-state index is 12.9. The van der Waals surface area contributed by atoms with Crippen LogP contribution in [0.5, 0.6) is 5.75 Å². The second kappa shape index (κ2) is 7.46. The van der Waals surface area contributed by atoms with E-state index in [1.807, 2.05) is 60.7 Å². The summed E-state index contributed by atoms with van der Waals surface area (Å²) in [5, 5.41) is 0. The maximum Gasteiger partial charge on any atom is 0.243 e. The Labute approximate surface area is 163 Å². The molecule has 0 fully saturated rings. The van der Waals surface area contributed by atoms with Gasteiger partial charge < -0.3 is 9.72 Å². The lowest BCUT2D eigenvalue weighted by atomic mass is 10.2. The molecule has 0 amide bonds. The van der Waals surface area contributed by atoms with Gasteiger partial charge in [-0.2, -0.15) is 0 Å². The van der Waals surface area contributed by atoms with Gasteiger partial charge in [-0.15, -0.1) is 0 Å². The number of H-pyrrole nitrogens is 1. The van der Waals surface area contributed by atoms with E-state index in [9.17, 15) is 8.42 Å². The molecule has 0 radical (unpaired) electrons. The molecular formula is C21H19N3O3S. The highest BCUT2D eigenvalue weighted by Gasteiger charge is 2.20. The monoisotopic (exact) mass is 393 g/mol. The van der Waals surface area contributed by atoms with Gasteiger partial charge in [0, 0.05) is 12.1 Å². The number of nitrogens with zero attached hydrogens (tertiary/aromatic N) is 1. The molecule has 1 aromatic heterocycles. The molecule has 28 heavy (non-hydrogen) atoms. The zero-order valence-corrected chi connectivity index (χ0v) is 16.0. The number of hydrogen-bond acceptors (Lipinski definition) is 4. The molecule has 0 aliphatic heterocycles. The van der Waals surface area contributed by atoms with Crippen LogP contribution in [0.2, 0.25) is 0 Å². The number of methoxy groups -OCH3 is 1. The van der Waals surface area contributed by atoms with Crippen molar-refractivity contribution in [1.82, 2.24) is 14.7 Å². The Morgan fingerprint density at radius 1 is 0.964 bits per heavy atom. The summed E-state index contributed by atoms with van der Waals surface area (Å²) >= 11 is 0. The number of nitrogens with one attached hydrogen (secondary N) is 2. The van der Waals surface area contributed by atoms with Crippen molar-refractivity contribution in [2.24, 2.45) is 0 Å². The Morgan fingerprint density at radius 2 is 1.71 bits per heavy atom. The van der Waals surface area contributed by atoms with Crippen LogP contribution in [0.1, 0.15) is 5.56 Å². The van der Waals surface area contributed by atoms with E-state index in [0.717, 1.165) is 16.9 Å². The first-order valence-electron chi connectivity index (χ1n) is 8.73. The fourth-order valence-electron chi connectivity index (χ4n) is 2.96. The largest absolute Gasteiger partial charge is 0.497 e. The molecule has 0 saturated heterocycles. The third kappa shape index (κ3) is 3.62. The van der Waals surface area contributed by atoms with Crippen LogP contribution < -0.4 is 9.46 Å². The number of aromatic amines is 1. The molecule has 0 spiro atoms. The number of imidazole rings is 1.